The SMILES string of the molecule is NC1CCC(CNc2nc(NCc3cc(Cl)cc(Cl)c3)ncc2[N+](=O)[O-])CC1. The van der Waals surface area contributed by atoms with Gasteiger partial charge in [-0.1, -0.05) is 23.2 Å². The van der Waals surface area contributed by atoms with Crippen LogP contribution in [0.15, 0.2) is 24.4 Å². The Morgan fingerprint density at radius 2 is 1.82 bits per heavy atom. The van der Waals surface area contributed by atoms with Crippen LogP contribution >= 0.6 is 23.2 Å². The smallest absolute Gasteiger partial charge is 0.329 e. The quantitative estimate of drug-likeness (QED) is 0.449. The highest BCUT2D eigenvalue weighted by molar-refractivity contribution is 6.34. The van der Waals surface area contributed by atoms with Gasteiger partial charge in [0.15, 0.2) is 0 Å². The number of anilines is 2. The van der Waals surface area contributed by atoms with Crippen molar-refractivity contribution in [1.29, 1.82) is 0 Å². The molecule has 1 heterocycles. The van der Waals surface area contributed by atoms with E-state index in [0.29, 0.717) is 29.1 Å². The predicted octanol–water partition coefficient (Wildman–Crippen LogP) is 4.23. The molecule has 1 aromatic carbocycles. The van der Waals surface area contributed by atoms with Gasteiger partial charge in [0.2, 0.25) is 11.8 Å². The lowest BCUT2D eigenvalue weighted by atomic mass is 9.86. The number of rotatable bonds is 7. The van der Waals surface area contributed by atoms with Crippen LogP contribution in [-0.4, -0.2) is 27.5 Å². The summed E-state index contributed by atoms with van der Waals surface area (Å²) >= 11 is 12.0. The summed E-state index contributed by atoms with van der Waals surface area (Å²) < 4.78 is 0. The van der Waals surface area contributed by atoms with Gasteiger partial charge in [0.1, 0.15) is 6.20 Å². The zero-order valence-corrected chi connectivity index (χ0v) is 16.7. The summed E-state index contributed by atoms with van der Waals surface area (Å²) in [5.41, 5.74) is 6.64. The molecule has 0 radical (unpaired) electrons. The maximum absolute atomic E-state index is 11.3. The second kappa shape index (κ2) is 9.36. The molecule has 28 heavy (non-hydrogen) atoms. The first kappa shape index (κ1) is 20.6. The Morgan fingerprint density at radius 3 is 2.46 bits per heavy atom. The Labute approximate surface area is 173 Å². The van der Waals surface area contributed by atoms with Gasteiger partial charge >= 0.3 is 5.69 Å². The van der Waals surface area contributed by atoms with Gasteiger partial charge < -0.3 is 16.4 Å². The molecular weight excluding hydrogens is 403 g/mol. The van der Waals surface area contributed by atoms with Crippen LogP contribution in [-0.2, 0) is 6.54 Å². The molecule has 0 saturated heterocycles. The maximum atomic E-state index is 11.3. The summed E-state index contributed by atoms with van der Waals surface area (Å²) in [6, 6.07) is 5.47. The summed E-state index contributed by atoms with van der Waals surface area (Å²) in [5, 5.41) is 18.5. The van der Waals surface area contributed by atoms with Crippen LogP contribution in [0.1, 0.15) is 31.2 Å². The third kappa shape index (κ3) is 5.67. The Bertz CT molecular complexity index is 823. The van der Waals surface area contributed by atoms with Crippen molar-refractivity contribution in [2.45, 2.75) is 38.3 Å². The van der Waals surface area contributed by atoms with Crippen molar-refractivity contribution in [1.82, 2.24) is 9.97 Å². The van der Waals surface area contributed by atoms with Crippen molar-refractivity contribution in [2.24, 2.45) is 11.7 Å². The molecule has 2 aromatic rings. The van der Waals surface area contributed by atoms with E-state index in [1.807, 2.05) is 0 Å². The number of hydrogen-bond acceptors (Lipinski definition) is 7. The largest absolute Gasteiger partial charge is 0.364 e. The summed E-state index contributed by atoms with van der Waals surface area (Å²) in [7, 11) is 0. The Morgan fingerprint density at radius 1 is 1.14 bits per heavy atom. The van der Waals surface area contributed by atoms with E-state index in [0.717, 1.165) is 31.2 Å². The van der Waals surface area contributed by atoms with E-state index < -0.39 is 4.92 Å². The molecule has 1 aromatic heterocycles. The second-order valence-corrected chi connectivity index (χ2v) is 7.85. The van der Waals surface area contributed by atoms with E-state index in [4.69, 9.17) is 28.9 Å². The van der Waals surface area contributed by atoms with Crippen LogP contribution in [0.2, 0.25) is 10.0 Å². The van der Waals surface area contributed by atoms with E-state index in [1.165, 1.54) is 6.20 Å². The molecule has 1 fully saturated rings. The monoisotopic (exact) mass is 424 g/mol. The second-order valence-electron chi connectivity index (χ2n) is 6.98. The molecule has 0 amide bonds. The fraction of sp³-hybridized carbons (Fsp3) is 0.444. The minimum Gasteiger partial charge on any atom is -0.364 e. The number of nitrogens with one attached hydrogen (secondary N) is 2. The minimum absolute atomic E-state index is 0.149. The standard InChI is InChI=1S/C18H22Cl2N6O2/c19-13-5-12(6-14(20)7-13)9-23-18-24-10-16(26(27)28)17(25-18)22-8-11-1-3-15(21)4-2-11/h5-7,10-11,15H,1-4,8-9,21H2,(H2,22,23,24,25). The summed E-state index contributed by atoms with van der Waals surface area (Å²) in [5.74, 6) is 0.927. The highest BCUT2D eigenvalue weighted by atomic mass is 35.5. The van der Waals surface area contributed by atoms with E-state index >= 15 is 0 Å². The van der Waals surface area contributed by atoms with Gasteiger partial charge in [-0.3, -0.25) is 10.1 Å². The molecule has 0 aliphatic heterocycles. The molecule has 3 rings (SSSR count). The summed E-state index contributed by atoms with van der Waals surface area (Å²) in [6.07, 6.45) is 5.18. The number of nitro groups is 1. The number of aromatic nitrogens is 2. The predicted molar refractivity (Wildman–Crippen MR) is 111 cm³/mol. The maximum Gasteiger partial charge on any atom is 0.329 e. The number of hydrogen-bond donors (Lipinski definition) is 3. The third-order valence-corrected chi connectivity index (χ3v) is 5.23. The van der Waals surface area contributed by atoms with Crippen LogP contribution < -0.4 is 16.4 Å². The third-order valence-electron chi connectivity index (χ3n) is 4.79. The van der Waals surface area contributed by atoms with Crippen molar-refractivity contribution >= 4 is 40.7 Å². The summed E-state index contributed by atoms with van der Waals surface area (Å²) in [4.78, 5) is 19.1. The van der Waals surface area contributed by atoms with Gasteiger partial charge in [0.05, 0.1) is 4.92 Å². The number of nitrogens with two attached hydrogens (primary N) is 1. The lowest BCUT2D eigenvalue weighted by Gasteiger charge is -2.26. The molecule has 1 saturated carbocycles. The zero-order chi connectivity index (χ0) is 20.1. The van der Waals surface area contributed by atoms with Crippen LogP contribution in [0.3, 0.4) is 0 Å². The first-order valence-corrected chi connectivity index (χ1v) is 9.86. The van der Waals surface area contributed by atoms with Crippen LogP contribution in [0, 0.1) is 16.0 Å². The fourth-order valence-corrected chi connectivity index (χ4v) is 3.82. The van der Waals surface area contributed by atoms with E-state index in [9.17, 15) is 10.1 Å². The van der Waals surface area contributed by atoms with Gasteiger partial charge in [-0.25, -0.2) is 4.98 Å². The Hall–Kier alpha value is -2.16. The number of benzene rings is 1. The topological polar surface area (TPSA) is 119 Å². The molecule has 0 atom stereocenters. The van der Waals surface area contributed by atoms with E-state index in [-0.39, 0.29) is 23.5 Å². The molecule has 1 aliphatic carbocycles. The first-order valence-electron chi connectivity index (χ1n) is 9.10. The molecule has 0 spiro atoms. The van der Waals surface area contributed by atoms with Crippen molar-refractivity contribution in [3.8, 4) is 0 Å². The molecule has 0 unspecified atom stereocenters. The Balaban J connectivity index is 1.67. The average molecular weight is 425 g/mol. The highest BCUT2D eigenvalue weighted by Crippen LogP contribution is 2.27. The van der Waals surface area contributed by atoms with Crippen molar-refractivity contribution in [3.05, 3.63) is 50.1 Å². The van der Waals surface area contributed by atoms with Gasteiger partial charge in [-0.15, -0.1) is 0 Å². The highest BCUT2D eigenvalue weighted by Gasteiger charge is 2.21. The molecule has 8 nitrogen and oxygen atoms in total. The average Bonchev–Trinajstić information content (AvgIpc) is 2.65. The van der Waals surface area contributed by atoms with E-state index in [2.05, 4.69) is 20.6 Å². The van der Waals surface area contributed by atoms with Crippen molar-refractivity contribution in [3.63, 3.8) is 0 Å². The van der Waals surface area contributed by atoms with Gasteiger partial charge in [-0.05, 0) is 55.4 Å². The van der Waals surface area contributed by atoms with Gasteiger partial charge in [-0.2, -0.15) is 4.98 Å². The molecular formula is C18H22Cl2N6O2. The fourth-order valence-electron chi connectivity index (χ4n) is 3.25. The molecule has 1 aliphatic rings. The van der Waals surface area contributed by atoms with Crippen molar-refractivity contribution in [2.75, 3.05) is 17.2 Å². The molecule has 0 bridgehead atoms. The van der Waals surface area contributed by atoms with Gasteiger partial charge in [0, 0.05) is 29.2 Å². The van der Waals surface area contributed by atoms with Crippen LogP contribution in [0.5, 0.6) is 0 Å². The van der Waals surface area contributed by atoms with E-state index in [1.54, 1.807) is 18.2 Å². The summed E-state index contributed by atoms with van der Waals surface area (Å²) in [6.45, 7) is 1.01. The number of nitrogens with zero attached hydrogens (tertiary/aromatic N) is 3. The Kier molecular flexibility index (Phi) is 6.88. The van der Waals surface area contributed by atoms with Crippen LogP contribution in [0.4, 0.5) is 17.5 Å². The zero-order valence-electron chi connectivity index (χ0n) is 15.2. The normalized spacial score (nSPS) is 19.2. The van der Waals surface area contributed by atoms with Crippen molar-refractivity contribution < 1.29 is 4.92 Å². The lowest BCUT2D eigenvalue weighted by molar-refractivity contribution is -0.384. The first-order chi connectivity index (χ1) is 13.4. The molecule has 4 N–H and O–H groups in total. The molecule has 150 valence electrons. The van der Waals surface area contributed by atoms with Crippen LogP contribution in [0.25, 0.3) is 0 Å². The number of halogens is 2. The lowest BCUT2D eigenvalue weighted by Crippen LogP contribution is -2.29. The molecule has 10 heteroatoms. The minimum atomic E-state index is -0.486. The van der Waals surface area contributed by atoms with Gasteiger partial charge in [0.25, 0.3) is 0 Å².